The molecule has 25 heavy (non-hydrogen) atoms. The van der Waals surface area contributed by atoms with Crippen LogP contribution in [0.1, 0.15) is 5.56 Å². The Morgan fingerprint density at radius 1 is 1.32 bits per heavy atom. The van der Waals surface area contributed by atoms with E-state index in [0.29, 0.717) is 22.9 Å². The first kappa shape index (κ1) is 16.4. The van der Waals surface area contributed by atoms with Crippen LogP contribution in [-0.2, 0) is 4.79 Å². The largest absolute Gasteiger partial charge is 0.504 e. The van der Waals surface area contributed by atoms with Gasteiger partial charge in [-0.1, -0.05) is 12.1 Å². The molecule has 0 saturated heterocycles. The molecule has 7 heteroatoms. The summed E-state index contributed by atoms with van der Waals surface area (Å²) in [6.07, 6.45) is 2.96. The molecule has 0 aliphatic carbocycles. The number of carbonyl (C=O) groups excluding carboxylic acids is 1. The van der Waals surface area contributed by atoms with E-state index < -0.39 is 0 Å². The third-order valence-electron chi connectivity index (χ3n) is 3.44. The molecule has 1 amide bonds. The highest BCUT2D eigenvalue weighted by atomic mass is 16.5. The van der Waals surface area contributed by atoms with E-state index in [4.69, 9.17) is 9.47 Å². The molecule has 0 aromatic heterocycles. The summed E-state index contributed by atoms with van der Waals surface area (Å²) in [7, 11) is 1.48. The number of hydrogen-bond acceptors (Lipinski definition) is 6. The number of amides is 1. The van der Waals surface area contributed by atoms with E-state index in [1.54, 1.807) is 30.5 Å². The number of rotatable bonds is 5. The van der Waals surface area contributed by atoms with Gasteiger partial charge in [-0.3, -0.25) is 4.79 Å². The number of aromatic hydroxyl groups is 1. The monoisotopic (exact) mass is 339 g/mol. The van der Waals surface area contributed by atoms with E-state index in [0.717, 1.165) is 5.56 Å². The number of carbonyl (C=O) groups is 1. The van der Waals surface area contributed by atoms with Crippen LogP contribution in [-0.4, -0.2) is 30.9 Å². The molecule has 1 heterocycles. The van der Waals surface area contributed by atoms with Crippen LogP contribution in [0.3, 0.4) is 0 Å². The molecule has 2 aromatic carbocycles. The normalized spacial score (nSPS) is 13.3. The number of phenolic OH excluding ortho intramolecular Hbond substituents is 1. The predicted molar refractivity (Wildman–Crippen MR) is 94.0 cm³/mol. The van der Waals surface area contributed by atoms with Gasteiger partial charge in [-0.05, 0) is 35.9 Å². The lowest BCUT2D eigenvalue weighted by Gasteiger charge is -2.09. The van der Waals surface area contributed by atoms with E-state index in [2.05, 4.69) is 15.8 Å². The zero-order valence-corrected chi connectivity index (χ0v) is 13.5. The van der Waals surface area contributed by atoms with Gasteiger partial charge in [0, 0.05) is 6.08 Å². The summed E-state index contributed by atoms with van der Waals surface area (Å²) in [5.41, 5.74) is 4.20. The standard InChI is InChI=1S/C18H17N3O4/c1-24-17-8-12(6-7-15(17)22)10-19-20-11-13-9-18(23)21-14-4-2-3-5-16(14)25-13/h2-10,20,22H,11H2,1H3,(H,21,23)/b19-10+. The number of nitrogens with zero attached hydrogens (tertiary/aromatic N) is 1. The highest BCUT2D eigenvalue weighted by Gasteiger charge is 2.14. The Labute approximate surface area is 144 Å². The maximum Gasteiger partial charge on any atom is 0.251 e. The Morgan fingerprint density at radius 2 is 2.16 bits per heavy atom. The first-order valence-electron chi connectivity index (χ1n) is 7.57. The average Bonchev–Trinajstić information content (AvgIpc) is 2.77. The van der Waals surface area contributed by atoms with Gasteiger partial charge in [-0.2, -0.15) is 5.10 Å². The maximum atomic E-state index is 11.8. The van der Waals surface area contributed by atoms with Crippen molar-refractivity contribution in [3.63, 3.8) is 0 Å². The second-order valence-electron chi connectivity index (χ2n) is 5.22. The highest BCUT2D eigenvalue weighted by Crippen LogP contribution is 2.27. The number of hydrazone groups is 1. The molecule has 0 bridgehead atoms. The molecule has 0 fully saturated rings. The first-order valence-corrected chi connectivity index (χ1v) is 7.57. The Morgan fingerprint density at radius 3 is 3.00 bits per heavy atom. The molecule has 3 rings (SSSR count). The zero-order valence-electron chi connectivity index (χ0n) is 13.5. The summed E-state index contributed by atoms with van der Waals surface area (Å²) in [5, 5.41) is 16.4. The summed E-state index contributed by atoms with van der Waals surface area (Å²) in [5.74, 6) is 1.20. The minimum atomic E-state index is -0.256. The van der Waals surface area contributed by atoms with Crippen LogP contribution in [0, 0.1) is 0 Å². The lowest BCUT2D eigenvalue weighted by molar-refractivity contribution is -0.112. The molecule has 128 valence electrons. The molecule has 0 spiro atoms. The molecule has 0 radical (unpaired) electrons. The molecule has 2 aromatic rings. The Kier molecular flexibility index (Phi) is 4.84. The number of methoxy groups -OCH3 is 1. The van der Waals surface area contributed by atoms with Crippen LogP contribution >= 0.6 is 0 Å². The smallest absolute Gasteiger partial charge is 0.251 e. The van der Waals surface area contributed by atoms with Crippen LogP contribution in [0.5, 0.6) is 17.2 Å². The number of phenols is 1. The number of nitrogens with one attached hydrogen (secondary N) is 2. The van der Waals surface area contributed by atoms with Crippen LogP contribution in [0.15, 0.2) is 59.4 Å². The van der Waals surface area contributed by atoms with Crippen molar-refractivity contribution in [2.45, 2.75) is 0 Å². The van der Waals surface area contributed by atoms with E-state index >= 15 is 0 Å². The van der Waals surface area contributed by atoms with Gasteiger partial charge in [0.1, 0.15) is 5.76 Å². The minimum absolute atomic E-state index is 0.0642. The van der Waals surface area contributed by atoms with Crippen molar-refractivity contribution in [3.8, 4) is 17.2 Å². The van der Waals surface area contributed by atoms with Gasteiger partial charge in [0.15, 0.2) is 17.2 Å². The summed E-state index contributed by atoms with van der Waals surface area (Å²) in [6, 6.07) is 12.1. The van der Waals surface area contributed by atoms with Gasteiger partial charge in [0.25, 0.3) is 5.91 Å². The van der Waals surface area contributed by atoms with Crippen molar-refractivity contribution in [3.05, 3.63) is 59.9 Å². The van der Waals surface area contributed by atoms with Crippen molar-refractivity contribution in [2.75, 3.05) is 19.0 Å². The van der Waals surface area contributed by atoms with Gasteiger partial charge in [-0.25, -0.2) is 0 Å². The summed E-state index contributed by atoms with van der Waals surface area (Å²) in [4.78, 5) is 11.8. The van der Waals surface area contributed by atoms with Crippen LogP contribution in [0.25, 0.3) is 0 Å². The predicted octanol–water partition coefficient (Wildman–Crippen LogP) is 2.24. The summed E-state index contributed by atoms with van der Waals surface area (Å²) < 4.78 is 10.8. The van der Waals surface area contributed by atoms with Crippen molar-refractivity contribution >= 4 is 17.8 Å². The lowest BCUT2D eigenvalue weighted by atomic mass is 10.2. The van der Waals surface area contributed by atoms with Crippen molar-refractivity contribution in [2.24, 2.45) is 5.10 Å². The number of benzene rings is 2. The van der Waals surface area contributed by atoms with Crippen molar-refractivity contribution in [1.82, 2.24) is 5.43 Å². The average molecular weight is 339 g/mol. The van der Waals surface area contributed by atoms with Crippen LogP contribution < -0.4 is 20.2 Å². The fourth-order valence-electron chi connectivity index (χ4n) is 2.25. The van der Waals surface area contributed by atoms with Crippen molar-refractivity contribution in [1.29, 1.82) is 0 Å². The third kappa shape index (κ3) is 4.08. The van der Waals surface area contributed by atoms with Gasteiger partial charge in [0.2, 0.25) is 0 Å². The lowest BCUT2D eigenvalue weighted by Crippen LogP contribution is -2.15. The fourth-order valence-corrected chi connectivity index (χ4v) is 2.25. The fraction of sp³-hybridized carbons (Fsp3) is 0.111. The zero-order chi connectivity index (χ0) is 17.6. The quantitative estimate of drug-likeness (QED) is 0.574. The third-order valence-corrected chi connectivity index (χ3v) is 3.44. The maximum absolute atomic E-state index is 11.8. The van der Waals surface area contributed by atoms with Gasteiger partial charge in [-0.15, -0.1) is 0 Å². The molecule has 1 aliphatic heterocycles. The molecule has 3 N–H and O–H groups in total. The topological polar surface area (TPSA) is 92.2 Å². The minimum Gasteiger partial charge on any atom is -0.504 e. The number of ether oxygens (including phenoxy) is 2. The van der Waals surface area contributed by atoms with Crippen molar-refractivity contribution < 1.29 is 19.4 Å². The van der Waals surface area contributed by atoms with E-state index in [-0.39, 0.29) is 18.2 Å². The second kappa shape index (κ2) is 7.39. The Hall–Kier alpha value is -3.48. The molecule has 1 aliphatic rings. The molecule has 0 saturated carbocycles. The molecule has 0 atom stereocenters. The van der Waals surface area contributed by atoms with Gasteiger partial charge >= 0.3 is 0 Å². The van der Waals surface area contributed by atoms with E-state index in [9.17, 15) is 9.90 Å². The Bertz CT molecular complexity index is 846. The van der Waals surface area contributed by atoms with Crippen LogP contribution in [0.4, 0.5) is 5.69 Å². The molecular formula is C18H17N3O4. The SMILES string of the molecule is COc1cc(/C=N/NCC2=CC(=O)Nc3ccccc3O2)ccc1O. The van der Waals surface area contributed by atoms with Gasteiger partial charge in [0.05, 0.1) is 25.6 Å². The van der Waals surface area contributed by atoms with E-state index in [1.165, 1.54) is 19.3 Å². The second-order valence-corrected chi connectivity index (χ2v) is 5.22. The van der Waals surface area contributed by atoms with Gasteiger partial charge < -0.3 is 25.3 Å². The van der Waals surface area contributed by atoms with E-state index in [1.807, 2.05) is 12.1 Å². The first-order chi connectivity index (χ1) is 12.2. The molecular weight excluding hydrogens is 322 g/mol. The van der Waals surface area contributed by atoms with Crippen LogP contribution in [0.2, 0.25) is 0 Å². The number of fused-ring (bicyclic) bond motifs is 1. The summed E-state index contributed by atoms with van der Waals surface area (Å²) in [6.45, 7) is 0.244. The highest BCUT2D eigenvalue weighted by molar-refractivity contribution is 6.01. The molecule has 7 nitrogen and oxygen atoms in total. The Balaban J connectivity index is 1.63. The number of hydrogen-bond donors (Lipinski definition) is 3. The summed E-state index contributed by atoms with van der Waals surface area (Å²) >= 11 is 0. The molecule has 0 unspecified atom stereocenters. The number of anilines is 1. The number of para-hydroxylation sites is 2.